The van der Waals surface area contributed by atoms with Crippen LogP contribution < -0.4 is 11.1 Å². The number of rotatable bonds is 1. The molecule has 1 aromatic carbocycles. The van der Waals surface area contributed by atoms with Gasteiger partial charge in [0.1, 0.15) is 0 Å². The first kappa shape index (κ1) is 9.36. The van der Waals surface area contributed by atoms with Crippen LogP contribution in [0.5, 0.6) is 0 Å². The monoisotopic (exact) mass is 194 g/mol. The molecule has 0 amide bonds. The van der Waals surface area contributed by atoms with Gasteiger partial charge in [-0.25, -0.2) is 4.99 Å². The van der Waals surface area contributed by atoms with Crippen molar-refractivity contribution in [1.29, 1.82) is 5.26 Å². The molecule has 0 unspecified atom stereocenters. The lowest BCUT2D eigenvalue weighted by Crippen LogP contribution is -2.26. The number of nitrogens with zero attached hydrogens (tertiary/aromatic N) is 2. The summed E-state index contributed by atoms with van der Waals surface area (Å²) in [7, 11) is 0. The van der Waals surface area contributed by atoms with E-state index in [2.05, 4.69) is 10.3 Å². The van der Waals surface area contributed by atoms with Crippen LogP contribution in [0.15, 0.2) is 29.3 Å². The zero-order chi connectivity index (χ0) is 9.68. The van der Waals surface area contributed by atoms with E-state index in [0.29, 0.717) is 10.7 Å². The van der Waals surface area contributed by atoms with E-state index in [1.807, 2.05) is 0 Å². The van der Waals surface area contributed by atoms with Gasteiger partial charge in [-0.05, 0) is 12.1 Å². The molecule has 0 radical (unpaired) electrons. The van der Waals surface area contributed by atoms with Crippen molar-refractivity contribution in [2.24, 2.45) is 10.7 Å². The van der Waals surface area contributed by atoms with Gasteiger partial charge in [0.15, 0.2) is 6.19 Å². The first-order valence-electron chi connectivity index (χ1n) is 3.48. The third-order valence-corrected chi connectivity index (χ3v) is 1.60. The Kier molecular flexibility index (Phi) is 3.12. The van der Waals surface area contributed by atoms with E-state index >= 15 is 0 Å². The molecule has 0 saturated carbocycles. The molecule has 0 aliphatic rings. The minimum absolute atomic E-state index is 0.0237. The van der Waals surface area contributed by atoms with Crippen molar-refractivity contribution in [3.05, 3.63) is 29.3 Å². The van der Waals surface area contributed by atoms with Crippen LogP contribution in [-0.4, -0.2) is 5.96 Å². The van der Waals surface area contributed by atoms with E-state index in [-0.39, 0.29) is 5.96 Å². The largest absolute Gasteiger partial charge is 0.369 e. The van der Waals surface area contributed by atoms with Gasteiger partial charge in [-0.15, -0.1) is 0 Å². The number of hydrogen-bond donors (Lipinski definition) is 2. The Hall–Kier alpha value is -1.73. The molecule has 13 heavy (non-hydrogen) atoms. The first-order chi connectivity index (χ1) is 6.24. The van der Waals surface area contributed by atoms with E-state index < -0.39 is 0 Å². The molecular formula is C8H7ClN4. The summed E-state index contributed by atoms with van der Waals surface area (Å²) in [5.41, 5.74) is 5.87. The summed E-state index contributed by atoms with van der Waals surface area (Å²) in [6, 6.07) is 6.97. The van der Waals surface area contributed by atoms with Gasteiger partial charge in [-0.2, -0.15) is 5.26 Å². The number of nitriles is 1. The molecule has 1 aromatic rings. The molecule has 5 heteroatoms. The summed E-state index contributed by atoms with van der Waals surface area (Å²) < 4.78 is 0. The van der Waals surface area contributed by atoms with Gasteiger partial charge < -0.3 is 5.73 Å². The number of hydrogen-bond acceptors (Lipinski definition) is 2. The van der Waals surface area contributed by atoms with Gasteiger partial charge in [-0.1, -0.05) is 23.7 Å². The second kappa shape index (κ2) is 4.33. The molecule has 0 bridgehead atoms. The Morgan fingerprint density at radius 2 is 2.23 bits per heavy atom. The lowest BCUT2D eigenvalue weighted by molar-refractivity contribution is 1.22. The Morgan fingerprint density at radius 3 is 2.85 bits per heavy atom. The topological polar surface area (TPSA) is 74.2 Å². The average molecular weight is 195 g/mol. The molecule has 4 nitrogen and oxygen atoms in total. The quantitative estimate of drug-likeness (QED) is 0.307. The number of guanidine groups is 1. The molecule has 3 N–H and O–H groups in total. The highest BCUT2D eigenvalue weighted by Crippen LogP contribution is 2.23. The zero-order valence-electron chi connectivity index (χ0n) is 6.66. The maximum absolute atomic E-state index is 8.23. The van der Waals surface area contributed by atoms with Crippen LogP contribution >= 0.6 is 11.6 Å². The van der Waals surface area contributed by atoms with Crippen LogP contribution in [0.1, 0.15) is 0 Å². The average Bonchev–Trinajstić information content (AvgIpc) is 2.09. The van der Waals surface area contributed by atoms with Crippen LogP contribution in [-0.2, 0) is 0 Å². The third kappa shape index (κ3) is 2.65. The second-order valence-electron chi connectivity index (χ2n) is 2.19. The van der Waals surface area contributed by atoms with Gasteiger partial charge >= 0.3 is 0 Å². The molecule has 0 aliphatic heterocycles. The van der Waals surface area contributed by atoms with E-state index in [1.165, 1.54) is 0 Å². The van der Waals surface area contributed by atoms with Gasteiger partial charge in [0.2, 0.25) is 5.96 Å². The summed E-state index contributed by atoms with van der Waals surface area (Å²) in [5.74, 6) is 0.0237. The second-order valence-corrected chi connectivity index (χ2v) is 2.59. The van der Waals surface area contributed by atoms with E-state index in [1.54, 1.807) is 30.5 Å². The summed E-state index contributed by atoms with van der Waals surface area (Å²) in [5, 5.41) is 10.9. The normalized spacial score (nSPS) is 10.6. The molecule has 0 aromatic heterocycles. The van der Waals surface area contributed by atoms with E-state index in [9.17, 15) is 0 Å². The molecular weight excluding hydrogens is 188 g/mol. The van der Waals surface area contributed by atoms with Crippen molar-refractivity contribution < 1.29 is 0 Å². The van der Waals surface area contributed by atoms with Crippen molar-refractivity contribution in [2.75, 3.05) is 0 Å². The van der Waals surface area contributed by atoms with Crippen molar-refractivity contribution in [3.8, 4) is 6.19 Å². The maximum atomic E-state index is 8.23. The smallest absolute Gasteiger partial charge is 0.207 e. The first-order valence-corrected chi connectivity index (χ1v) is 3.85. The summed E-state index contributed by atoms with van der Waals surface area (Å²) >= 11 is 5.80. The van der Waals surface area contributed by atoms with E-state index in [4.69, 9.17) is 22.6 Å². The number of nitrogens with two attached hydrogens (primary N) is 1. The van der Waals surface area contributed by atoms with Crippen LogP contribution in [0, 0.1) is 11.5 Å². The van der Waals surface area contributed by atoms with Crippen LogP contribution in [0.2, 0.25) is 5.02 Å². The summed E-state index contributed by atoms with van der Waals surface area (Å²) in [4.78, 5) is 3.88. The van der Waals surface area contributed by atoms with Crippen molar-refractivity contribution in [1.82, 2.24) is 5.32 Å². The fourth-order valence-corrected chi connectivity index (χ4v) is 0.935. The number of nitrogens with one attached hydrogen (secondary N) is 1. The van der Waals surface area contributed by atoms with Gasteiger partial charge in [0.25, 0.3) is 0 Å². The predicted octanol–water partition coefficient (Wildman–Crippen LogP) is 1.36. The Balaban J connectivity index is 2.92. The molecule has 66 valence electrons. The minimum atomic E-state index is 0.0237. The maximum Gasteiger partial charge on any atom is 0.207 e. The van der Waals surface area contributed by atoms with Gasteiger partial charge in [0.05, 0.1) is 10.7 Å². The molecule has 0 aliphatic carbocycles. The number of para-hydroxylation sites is 1. The van der Waals surface area contributed by atoms with E-state index in [0.717, 1.165) is 0 Å². The SMILES string of the molecule is N#CNC(N)=Nc1ccccc1Cl. The highest BCUT2D eigenvalue weighted by Gasteiger charge is 1.96. The minimum Gasteiger partial charge on any atom is -0.369 e. The molecule has 0 saturated heterocycles. The van der Waals surface area contributed by atoms with Crippen molar-refractivity contribution >= 4 is 23.2 Å². The van der Waals surface area contributed by atoms with Crippen molar-refractivity contribution in [2.45, 2.75) is 0 Å². The number of halogens is 1. The summed E-state index contributed by atoms with van der Waals surface area (Å²) in [6.07, 6.45) is 1.66. The fraction of sp³-hybridized carbons (Fsp3) is 0. The van der Waals surface area contributed by atoms with Gasteiger partial charge in [-0.3, -0.25) is 5.32 Å². The molecule has 0 spiro atoms. The number of benzene rings is 1. The summed E-state index contributed by atoms with van der Waals surface area (Å²) in [6.45, 7) is 0. The standard InChI is InChI=1S/C8H7ClN4/c9-6-3-1-2-4-7(6)13-8(11)12-5-10/h1-4H,(H3,11,12,13). The van der Waals surface area contributed by atoms with Crippen molar-refractivity contribution in [3.63, 3.8) is 0 Å². The van der Waals surface area contributed by atoms with Crippen LogP contribution in [0.25, 0.3) is 0 Å². The lowest BCUT2D eigenvalue weighted by Gasteiger charge is -1.98. The van der Waals surface area contributed by atoms with Crippen LogP contribution in [0.4, 0.5) is 5.69 Å². The fourth-order valence-electron chi connectivity index (χ4n) is 0.757. The Bertz CT molecular complexity index is 367. The zero-order valence-corrected chi connectivity index (χ0v) is 7.42. The predicted molar refractivity (Wildman–Crippen MR) is 51.5 cm³/mol. The van der Waals surface area contributed by atoms with Crippen LogP contribution in [0.3, 0.4) is 0 Å². The lowest BCUT2D eigenvalue weighted by atomic mass is 10.3. The molecule has 1 rings (SSSR count). The third-order valence-electron chi connectivity index (χ3n) is 1.28. The number of aliphatic imine (C=N–C) groups is 1. The highest BCUT2D eigenvalue weighted by molar-refractivity contribution is 6.33. The Labute approximate surface area is 80.6 Å². The highest BCUT2D eigenvalue weighted by atomic mass is 35.5. The van der Waals surface area contributed by atoms with Gasteiger partial charge in [0, 0.05) is 0 Å². The molecule has 0 fully saturated rings. The molecule has 0 atom stereocenters. The molecule has 0 heterocycles. The Morgan fingerprint density at radius 1 is 1.54 bits per heavy atom.